The van der Waals surface area contributed by atoms with Crippen molar-refractivity contribution >= 4 is 0 Å². The molecule has 60 valence electrons. The molecule has 0 aromatic rings. The largest absolute Gasteiger partial charge is 0.392 e. The first-order valence-electron chi connectivity index (χ1n) is 4.19. The topological polar surface area (TPSA) is 46.2 Å². The fraction of sp³-hybridized carbons (Fsp3) is 1.00. The second-order valence-corrected chi connectivity index (χ2v) is 3.24. The van der Waals surface area contributed by atoms with E-state index >= 15 is 0 Å². The Hall–Kier alpha value is -0.0800. The summed E-state index contributed by atoms with van der Waals surface area (Å²) < 4.78 is 0. The molecular formula is C8H17NO. The van der Waals surface area contributed by atoms with Gasteiger partial charge < -0.3 is 10.8 Å². The van der Waals surface area contributed by atoms with Crippen molar-refractivity contribution in [3.8, 4) is 0 Å². The number of aliphatic hydroxyl groups excluding tert-OH is 1. The van der Waals surface area contributed by atoms with Crippen LogP contribution in [-0.2, 0) is 0 Å². The lowest BCUT2D eigenvalue weighted by atomic mass is 9.82. The quantitative estimate of drug-likeness (QED) is 0.572. The number of nitrogens with two attached hydrogens (primary N) is 1. The average Bonchev–Trinajstić information content (AvgIpc) is 1.95. The highest BCUT2D eigenvalue weighted by atomic mass is 16.3. The Morgan fingerprint density at radius 2 is 2.20 bits per heavy atom. The van der Waals surface area contributed by atoms with Crippen molar-refractivity contribution in [2.75, 3.05) is 0 Å². The highest BCUT2D eigenvalue weighted by Crippen LogP contribution is 2.25. The molecule has 1 aliphatic carbocycles. The fourth-order valence-corrected chi connectivity index (χ4v) is 1.76. The first-order chi connectivity index (χ1) is 4.75. The SMILES string of the molecule is CCC1CCCC(O)C1N. The fourth-order valence-electron chi connectivity index (χ4n) is 1.76. The first kappa shape index (κ1) is 8.02. The Labute approximate surface area is 62.4 Å². The summed E-state index contributed by atoms with van der Waals surface area (Å²) in [4.78, 5) is 0. The van der Waals surface area contributed by atoms with Crippen LogP contribution in [0.25, 0.3) is 0 Å². The van der Waals surface area contributed by atoms with Gasteiger partial charge in [0.25, 0.3) is 0 Å². The normalized spacial score (nSPS) is 41.7. The summed E-state index contributed by atoms with van der Waals surface area (Å²) in [6.45, 7) is 2.14. The molecular weight excluding hydrogens is 126 g/mol. The lowest BCUT2D eigenvalue weighted by molar-refractivity contribution is 0.0749. The van der Waals surface area contributed by atoms with Gasteiger partial charge in [0, 0.05) is 6.04 Å². The Morgan fingerprint density at radius 3 is 2.70 bits per heavy atom. The van der Waals surface area contributed by atoms with Gasteiger partial charge in [-0.05, 0) is 18.8 Å². The van der Waals surface area contributed by atoms with Gasteiger partial charge in [0.05, 0.1) is 6.10 Å². The maximum absolute atomic E-state index is 9.35. The van der Waals surface area contributed by atoms with Gasteiger partial charge in [-0.3, -0.25) is 0 Å². The third-order valence-corrected chi connectivity index (χ3v) is 2.59. The van der Waals surface area contributed by atoms with Crippen LogP contribution in [0.5, 0.6) is 0 Å². The minimum atomic E-state index is -0.237. The molecule has 3 unspecified atom stereocenters. The molecule has 0 aromatic carbocycles. The Morgan fingerprint density at radius 1 is 1.50 bits per heavy atom. The van der Waals surface area contributed by atoms with Gasteiger partial charge >= 0.3 is 0 Å². The molecule has 1 fully saturated rings. The van der Waals surface area contributed by atoms with Crippen molar-refractivity contribution in [3.05, 3.63) is 0 Å². The summed E-state index contributed by atoms with van der Waals surface area (Å²) in [6.07, 6.45) is 4.12. The summed E-state index contributed by atoms with van der Waals surface area (Å²) in [5.74, 6) is 0.559. The van der Waals surface area contributed by atoms with Crippen LogP contribution in [0.3, 0.4) is 0 Å². The molecule has 0 heterocycles. The van der Waals surface area contributed by atoms with Gasteiger partial charge in [-0.15, -0.1) is 0 Å². The van der Waals surface area contributed by atoms with Crippen LogP contribution in [-0.4, -0.2) is 17.3 Å². The van der Waals surface area contributed by atoms with E-state index in [1.165, 1.54) is 6.42 Å². The van der Waals surface area contributed by atoms with E-state index in [1.54, 1.807) is 0 Å². The maximum atomic E-state index is 9.35. The van der Waals surface area contributed by atoms with E-state index in [0.717, 1.165) is 19.3 Å². The molecule has 0 amide bonds. The molecule has 0 saturated heterocycles. The number of aliphatic hydroxyl groups is 1. The van der Waals surface area contributed by atoms with Crippen LogP contribution < -0.4 is 5.73 Å². The highest BCUT2D eigenvalue weighted by Gasteiger charge is 2.27. The van der Waals surface area contributed by atoms with E-state index in [9.17, 15) is 5.11 Å². The lowest BCUT2D eigenvalue weighted by Gasteiger charge is -2.31. The Kier molecular flexibility index (Phi) is 2.69. The van der Waals surface area contributed by atoms with Gasteiger partial charge in [0.15, 0.2) is 0 Å². The van der Waals surface area contributed by atoms with Crippen molar-refractivity contribution in [3.63, 3.8) is 0 Å². The third kappa shape index (κ3) is 1.50. The van der Waals surface area contributed by atoms with Crippen LogP contribution in [0.2, 0.25) is 0 Å². The molecule has 0 bridgehead atoms. The molecule has 0 aromatic heterocycles. The van der Waals surface area contributed by atoms with Crippen molar-refractivity contribution < 1.29 is 5.11 Å². The molecule has 10 heavy (non-hydrogen) atoms. The molecule has 0 spiro atoms. The summed E-state index contributed by atoms with van der Waals surface area (Å²) in [5.41, 5.74) is 5.78. The van der Waals surface area contributed by atoms with E-state index in [0.29, 0.717) is 5.92 Å². The predicted octanol–water partition coefficient (Wildman–Crippen LogP) is 0.885. The van der Waals surface area contributed by atoms with Crippen molar-refractivity contribution in [2.45, 2.75) is 44.8 Å². The average molecular weight is 143 g/mol. The van der Waals surface area contributed by atoms with Gasteiger partial charge in [-0.1, -0.05) is 19.8 Å². The Balaban J connectivity index is 2.42. The maximum Gasteiger partial charge on any atom is 0.0693 e. The summed E-state index contributed by atoms with van der Waals surface area (Å²) in [6, 6.07) is 0.0405. The first-order valence-corrected chi connectivity index (χ1v) is 4.19. The predicted molar refractivity (Wildman–Crippen MR) is 41.6 cm³/mol. The minimum Gasteiger partial charge on any atom is -0.392 e. The monoisotopic (exact) mass is 143 g/mol. The van der Waals surface area contributed by atoms with Crippen molar-refractivity contribution in [2.24, 2.45) is 11.7 Å². The molecule has 0 aliphatic heterocycles. The molecule has 1 saturated carbocycles. The lowest BCUT2D eigenvalue weighted by Crippen LogP contribution is -2.44. The van der Waals surface area contributed by atoms with E-state index in [-0.39, 0.29) is 12.1 Å². The second-order valence-electron chi connectivity index (χ2n) is 3.24. The molecule has 1 aliphatic rings. The van der Waals surface area contributed by atoms with Crippen LogP contribution in [0.4, 0.5) is 0 Å². The van der Waals surface area contributed by atoms with Crippen LogP contribution in [0, 0.1) is 5.92 Å². The second kappa shape index (κ2) is 3.35. The number of hydrogen-bond donors (Lipinski definition) is 2. The van der Waals surface area contributed by atoms with Gasteiger partial charge in [0.1, 0.15) is 0 Å². The third-order valence-electron chi connectivity index (χ3n) is 2.59. The molecule has 3 atom stereocenters. The van der Waals surface area contributed by atoms with Gasteiger partial charge in [-0.2, -0.15) is 0 Å². The van der Waals surface area contributed by atoms with Gasteiger partial charge in [0.2, 0.25) is 0 Å². The standard InChI is InChI=1S/C8H17NO/c1-2-6-4-3-5-7(10)8(6)9/h6-8,10H,2-5,9H2,1H3. The van der Waals surface area contributed by atoms with E-state index in [1.807, 2.05) is 0 Å². The zero-order valence-corrected chi connectivity index (χ0v) is 6.59. The zero-order valence-electron chi connectivity index (χ0n) is 6.59. The minimum absolute atomic E-state index is 0.0405. The summed E-state index contributed by atoms with van der Waals surface area (Å²) in [7, 11) is 0. The van der Waals surface area contributed by atoms with Crippen LogP contribution in [0.15, 0.2) is 0 Å². The van der Waals surface area contributed by atoms with Crippen LogP contribution >= 0.6 is 0 Å². The van der Waals surface area contributed by atoms with Crippen LogP contribution in [0.1, 0.15) is 32.6 Å². The zero-order chi connectivity index (χ0) is 7.56. The molecule has 2 heteroatoms. The van der Waals surface area contributed by atoms with E-state index in [4.69, 9.17) is 5.73 Å². The molecule has 2 nitrogen and oxygen atoms in total. The van der Waals surface area contributed by atoms with E-state index in [2.05, 4.69) is 6.92 Å². The number of hydrogen-bond acceptors (Lipinski definition) is 2. The Bertz CT molecular complexity index is 105. The molecule has 0 radical (unpaired) electrons. The smallest absolute Gasteiger partial charge is 0.0693 e. The van der Waals surface area contributed by atoms with E-state index < -0.39 is 0 Å². The summed E-state index contributed by atoms with van der Waals surface area (Å²) >= 11 is 0. The van der Waals surface area contributed by atoms with Gasteiger partial charge in [-0.25, -0.2) is 0 Å². The highest BCUT2D eigenvalue weighted by molar-refractivity contribution is 4.83. The number of rotatable bonds is 1. The molecule has 3 N–H and O–H groups in total. The molecule has 1 rings (SSSR count). The summed E-state index contributed by atoms with van der Waals surface area (Å²) in [5, 5.41) is 9.35. The van der Waals surface area contributed by atoms with Crippen molar-refractivity contribution in [1.82, 2.24) is 0 Å². The van der Waals surface area contributed by atoms with Crippen molar-refractivity contribution in [1.29, 1.82) is 0 Å².